The summed E-state index contributed by atoms with van der Waals surface area (Å²) in [4.78, 5) is 6.83. The number of halogens is 3. The number of likely N-dealkylation sites (tertiary alicyclic amines) is 1. The van der Waals surface area contributed by atoms with E-state index < -0.39 is 11.7 Å². The van der Waals surface area contributed by atoms with Crippen molar-refractivity contribution in [2.45, 2.75) is 32.9 Å². The number of nitrogens with zero attached hydrogens (tertiary/aromatic N) is 4. The van der Waals surface area contributed by atoms with E-state index in [0.717, 1.165) is 42.0 Å². The Kier molecular flexibility index (Phi) is 5.71. The van der Waals surface area contributed by atoms with Crippen molar-refractivity contribution in [3.63, 3.8) is 0 Å². The molecule has 0 bridgehead atoms. The molecule has 5 nitrogen and oxygen atoms in total. The third-order valence-corrected chi connectivity index (χ3v) is 5.23. The first kappa shape index (κ1) is 21.0. The normalized spacial score (nSPS) is 14.5. The van der Waals surface area contributed by atoms with Gasteiger partial charge < -0.3 is 9.64 Å². The molecular formula is C23H23F3N4O. The molecule has 31 heavy (non-hydrogen) atoms. The Bertz CT molecular complexity index is 1080. The minimum absolute atomic E-state index is 0.357. The van der Waals surface area contributed by atoms with Crippen LogP contribution in [0.2, 0.25) is 0 Å². The van der Waals surface area contributed by atoms with Crippen molar-refractivity contribution in [3.05, 3.63) is 65.4 Å². The van der Waals surface area contributed by atoms with Crippen molar-refractivity contribution in [2.75, 3.05) is 13.1 Å². The second-order valence-electron chi connectivity index (χ2n) is 7.64. The molecule has 1 aromatic heterocycles. The van der Waals surface area contributed by atoms with E-state index in [1.165, 1.54) is 29.7 Å². The van der Waals surface area contributed by atoms with Gasteiger partial charge in [0.1, 0.15) is 5.75 Å². The Hall–Kier alpha value is -3.29. The van der Waals surface area contributed by atoms with Gasteiger partial charge in [0, 0.05) is 25.4 Å². The third kappa shape index (κ3) is 4.90. The number of benzene rings is 2. The van der Waals surface area contributed by atoms with Crippen molar-refractivity contribution < 1.29 is 17.9 Å². The molecule has 1 aliphatic rings. The quantitative estimate of drug-likeness (QED) is 0.367. The van der Waals surface area contributed by atoms with Gasteiger partial charge in [-0.25, -0.2) is 9.67 Å². The lowest BCUT2D eigenvalue weighted by molar-refractivity contribution is -0.137. The van der Waals surface area contributed by atoms with E-state index in [2.05, 4.69) is 15.0 Å². The van der Waals surface area contributed by atoms with Gasteiger partial charge in [0.05, 0.1) is 23.3 Å². The van der Waals surface area contributed by atoms with Gasteiger partial charge in [-0.15, -0.1) is 5.10 Å². The van der Waals surface area contributed by atoms with E-state index >= 15 is 0 Å². The van der Waals surface area contributed by atoms with Gasteiger partial charge in [0.15, 0.2) is 0 Å². The Morgan fingerprint density at radius 2 is 1.71 bits per heavy atom. The van der Waals surface area contributed by atoms with Crippen molar-refractivity contribution in [1.82, 2.24) is 14.7 Å². The molecule has 1 saturated heterocycles. The molecular weight excluding hydrogens is 405 g/mol. The molecule has 0 aliphatic carbocycles. The van der Waals surface area contributed by atoms with Crippen molar-refractivity contribution in [3.8, 4) is 17.3 Å². The number of alkyl halides is 3. The summed E-state index contributed by atoms with van der Waals surface area (Å²) >= 11 is 0. The van der Waals surface area contributed by atoms with Crippen molar-refractivity contribution in [2.24, 2.45) is 4.99 Å². The van der Waals surface area contributed by atoms with E-state index in [4.69, 9.17) is 4.74 Å². The predicted molar refractivity (Wildman–Crippen MR) is 114 cm³/mol. The molecule has 3 aromatic rings. The highest BCUT2D eigenvalue weighted by Gasteiger charge is 2.30. The van der Waals surface area contributed by atoms with Crippen LogP contribution in [-0.2, 0) is 6.18 Å². The van der Waals surface area contributed by atoms with Crippen molar-refractivity contribution in [1.29, 1.82) is 0 Å². The number of aliphatic imine (C=N–C) groups is 1. The van der Waals surface area contributed by atoms with E-state index in [9.17, 15) is 13.2 Å². The molecule has 0 spiro atoms. The zero-order valence-electron chi connectivity index (χ0n) is 17.4. The average molecular weight is 428 g/mol. The summed E-state index contributed by atoms with van der Waals surface area (Å²) in [6.07, 6.45) is 1.60. The molecule has 162 valence electrons. The fraction of sp³-hybridized carbons (Fsp3) is 0.304. The first-order chi connectivity index (χ1) is 14.8. The highest BCUT2D eigenvalue weighted by atomic mass is 19.4. The van der Waals surface area contributed by atoms with Crippen molar-refractivity contribution >= 4 is 12.0 Å². The zero-order valence-corrected chi connectivity index (χ0v) is 17.4. The van der Waals surface area contributed by atoms with Crippen LogP contribution in [0.25, 0.3) is 5.69 Å². The number of hydrogen-bond donors (Lipinski definition) is 0. The minimum Gasteiger partial charge on any atom is -0.437 e. The first-order valence-electron chi connectivity index (χ1n) is 10.1. The molecule has 1 aliphatic heterocycles. The second-order valence-corrected chi connectivity index (χ2v) is 7.64. The van der Waals surface area contributed by atoms with Crippen LogP contribution < -0.4 is 4.74 Å². The molecule has 2 heterocycles. The smallest absolute Gasteiger partial charge is 0.416 e. The fourth-order valence-corrected chi connectivity index (χ4v) is 3.45. The standard InChI is InChI=1S/C23H23F3N4O/c1-16-14-21(17(2)13-20(16)27-15-29-10-3-4-11-29)31-22-9-12-30(28-22)19-7-5-18(6-8-19)23(24,25)26/h5-9,12-15H,3-4,10-11H2,1-2H3/b27-15+. The largest absolute Gasteiger partial charge is 0.437 e. The lowest BCUT2D eigenvalue weighted by Crippen LogP contribution is -2.16. The molecule has 0 saturated carbocycles. The molecule has 0 amide bonds. The average Bonchev–Trinajstić information content (AvgIpc) is 3.41. The summed E-state index contributed by atoms with van der Waals surface area (Å²) in [5.74, 6) is 1.02. The summed E-state index contributed by atoms with van der Waals surface area (Å²) in [5, 5.41) is 4.33. The number of aromatic nitrogens is 2. The summed E-state index contributed by atoms with van der Waals surface area (Å²) < 4.78 is 45.6. The maximum Gasteiger partial charge on any atom is 0.416 e. The maximum absolute atomic E-state index is 12.7. The van der Waals surface area contributed by atoms with Gasteiger partial charge in [-0.05, 0) is 74.2 Å². The van der Waals surface area contributed by atoms with Gasteiger partial charge >= 0.3 is 6.18 Å². The Morgan fingerprint density at radius 1 is 1.00 bits per heavy atom. The Labute approximate surface area is 178 Å². The van der Waals surface area contributed by atoms with Crippen LogP contribution in [0.5, 0.6) is 11.6 Å². The summed E-state index contributed by atoms with van der Waals surface area (Å²) in [6.45, 7) is 6.01. The summed E-state index contributed by atoms with van der Waals surface area (Å²) in [6, 6.07) is 10.4. The second kappa shape index (κ2) is 8.45. The van der Waals surface area contributed by atoms with Crippen LogP contribution in [0.4, 0.5) is 18.9 Å². The summed E-state index contributed by atoms with van der Waals surface area (Å²) in [7, 11) is 0. The third-order valence-electron chi connectivity index (χ3n) is 5.23. The number of aryl methyl sites for hydroxylation is 2. The van der Waals surface area contributed by atoms with Gasteiger partial charge in [-0.1, -0.05) is 0 Å². The predicted octanol–water partition coefficient (Wildman–Crippen LogP) is 6.06. The van der Waals surface area contributed by atoms with Gasteiger partial charge in [-0.2, -0.15) is 13.2 Å². The van der Waals surface area contributed by atoms with Gasteiger partial charge in [0.2, 0.25) is 5.88 Å². The first-order valence-corrected chi connectivity index (χ1v) is 10.1. The maximum atomic E-state index is 12.7. The monoisotopic (exact) mass is 428 g/mol. The molecule has 0 N–H and O–H groups in total. The molecule has 2 aromatic carbocycles. The zero-order chi connectivity index (χ0) is 22.0. The van der Waals surface area contributed by atoms with E-state index in [1.807, 2.05) is 32.3 Å². The molecule has 0 atom stereocenters. The number of rotatable bonds is 5. The van der Waals surface area contributed by atoms with Gasteiger partial charge in [-0.3, -0.25) is 0 Å². The van der Waals surface area contributed by atoms with Crippen LogP contribution in [0.15, 0.2) is 53.7 Å². The summed E-state index contributed by atoms with van der Waals surface area (Å²) in [5.41, 5.74) is 2.62. The highest BCUT2D eigenvalue weighted by Crippen LogP contribution is 2.32. The molecule has 8 heteroatoms. The van der Waals surface area contributed by atoms with Crippen LogP contribution in [0, 0.1) is 13.8 Å². The molecule has 0 unspecified atom stereocenters. The topological polar surface area (TPSA) is 42.6 Å². The van der Waals surface area contributed by atoms with Gasteiger partial charge in [0.25, 0.3) is 0 Å². The number of ether oxygens (including phenoxy) is 1. The van der Waals surface area contributed by atoms with Crippen LogP contribution in [0.1, 0.15) is 29.5 Å². The van der Waals surface area contributed by atoms with Crippen LogP contribution >= 0.6 is 0 Å². The molecule has 0 radical (unpaired) electrons. The molecule has 4 rings (SSSR count). The lowest BCUT2D eigenvalue weighted by Gasteiger charge is -2.12. The molecule has 1 fully saturated rings. The highest BCUT2D eigenvalue weighted by molar-refractivity contribution is 5.65. The fourth-order valence-electron chi connectivity index (χ4n) is 3.45. The van der Waals surface area contributed by atoms with E-state index in [1.54, 1.807) is 12.3 Å². The van der Waals surface area contributed by atoms with Crippen LogP contribution in [0.3, 0.4) is 0 Å². The SMILES string of the molecule is Cc1cc(Oc2ccn(-c3ccc(C(F)(F)F)cc3)n2)c(C)cc1/N=C/N1CCCC1. The Balaban J connectivity index is 1.48. The minimum atomic E-state index is -4.36. The van der Waals surface area contributed by atoms with E-state index in [-0.39, 0.29) is 0 Å². The number of hydrogen-bond acceptors (Lipinski definition) is 3. The lowest BCUT2D eigenvalue weighted by atomic mass is 10.1. The van der Waals surface area contributed by atoms with E-state index in [0.29, 0.717) is 17.3 Å². The Morgan fingerprint density at radius 3 is 2.39 bits per heavy atom. The van der Waals surface area contributed by atoms with Crippen LogP contribution in [-0.4, -0.2) is 34.1 Å².